The summed E-state index contributed by atoms with van der Waals surface area (Å²) in [5.41, 5.74) is 0.888. The average Bonchev–Trinajstić information content (AvgIpc) is 2.47. The number of piperidine rings is 1. The van der Waals surface area contributed by atoms with E-state index in [0.29, 0.717) is 29.3 Å². The van der Waals surface area contributed by atoms with E-state index in [9.17, 15) is 9.18 Å². The van der Waals surface area contributed by atoms with Gasteiger partial charge >= 0.3 is 0 Å². The van der Waals surface area contributed by atoms with Crippen LogP contribution in [0.1, 0.15) is 31.7 Å². The first-order valence-corrected chi connectivity index (χ1v) is 8.27. The fraction of sp³-hybridized carbons (Fsp3) is 0.562. The van der Waals surface area contributed by atoms with Crippen LogP contribution in [0.4, 0.5) is 4.39 Å². The molecule has 2 N–H and O–H groups in total. The molecule has 0 aliphatic carbocycles. The van der Waals surface area contributed by atoms with Gasteiger partial charge in [0, 0.05) is 17.4 Å². The molecule has 0 saturated carbocycles. The Balaban J connectivity index is 1.78. The van der Waals surface area contributed by atoms with Crippen molar-refractivity contribution in [2.45, 2.75) is 32.7 Å². The smallest absolute Gasteiger partial charge is 0.220 e. The van der Waals surface area contributed by atoms with Crippen LogP contribution in [-0.2, 0) is 11.3 Å². The van der Waals surface area contributed by atoms with Gasteiger partial charge in [-0.3, -0.25) is 4.79 Å². The minimum atomic E-state index is -0.281. The van der Waals surface area contributed by atoms with Crippen molar-refractivity contribution in [1.82, 2.24) is 10.6 Å². The predicted molar refractivity (Wildman–Crippen MR) is 85.3 cm³/mol. The summed E-state index contributed by atoms with van der Waals surface area (Å²) in [6.07, 6.45) is 2.86. The Morgan fingerprint density at radius 3 is 2.86 bits per heavy atom. The Morgan fingerprint density at radius 2 is 2.19 bits per heavy atom. The number of rotatable bonds is 5. The van der Waals surface area contributed by atoms with E-state index in [1.807, 2.05) is 0 Å². The molecule has 116 valence electrons. The fourth-order valence-electron chi connectivity index (χ4n) is 2.80. The quantitative estimate of drug-likeness (QED) is 0.850. The van der Waals surface area contributed by atoms with Crippen LogP contribution in [0.25, 0.3) is 0 Å². The van der Waals surface area contributed by atoms with Crippen molar-refractivity contribution in [3.05, 3.63) is 34.1 Å². The number of hydrogen-bond donors (Lipinski definition) is 2. The summed E-state index contributed by atoms with van der Waals surface area (Å²) in [5, 5.41) is 6.27. The number of halogens is 2. The summed E-state index contributed by atoms with van der Waals surface area (Å²) in [6, 6.07) is 4.51. The number of hydrogen-bond acceptors (Lipinski definition) is 2. The SMILES string of the molecule is CC(CC(=O)NCc1ccc(F)cc1Br)C1CCNCC1. The second-order valence-electron chi connectivity index (χ2n) is 5.78. The average molecular weight is 357 g/mol. The zero-order valence-corrected chi connectivity index (χ0v) is 13.9. The zero-order valence-electron chi connectivity index (χ0n) is 12.3. The lowest BCUT2D eigenvalue weighted by Gasteiger charge is -2.27. The van der Waals surface area contributed by atoms with Crippen molar-refractivity contribution in [3.63, 3.8) is 0 Å². The molecule has 1 heterocycles. The van der Waals surface area contributed by atoms with Crippen LogP contribution in [0, 0.1) is 17.7 Å². The molecule has 1 unspecified atom stereocenters. The third kappa shape index (κ3) is 5.08. The molecule has 1 aromatic carbocycles. The minimum absolute atomic E-state index is 0.0669. The lowest BCUT2D eigenvalue weighted by atomic mass is 9.84. The van der Waals surface area contributed by atoms with Gasteiger partial charge in [-0.1, -0.05) is 28.9 Å². The molecule has 1 aromatic rings. The van der Waals surface area contributed by atoms with Crippen molar-refractivity contribution in [2.24, 2.45) is 11.8 Å². The highest BCUT2D eigenvalue weighted by Gasteiger charge is 2.21. The molecule has 1 fully saturated rings. The molecule has 5 heteroatoms. The van der Waals surface area contributed by atoms with Gasteiger partial charge in [0.1, 0.15) is 5.82 Å². The first-order valence-electron chi connectivity index (χ1n) is 7.47. The number of nitrogens with one attached hydrogen (secondary N) is 2. The Morgan fingerprint density at radius 1 is 1.48 bits per heavy atom. The molecule has 0 bridgehead atoms. The second kappa shape index (κ2) is 7.90. The minimum Gasteiger partial charge on any atom is -0.352 e. The summed E-state index contributed by atoms with van der Waals surface area (Å²) in [5.74, 6) is 0.826. The van der Waals surface area contributed by atoms with Gasteiger partial charge in [-0.25, -0.2) is 4.39 Å². The van der Waals surface area contributed by atoms with Gasteiger partial charge in [-0.15, -0.1) is 0 Å². The van der Waals surface area contributed by atoms with Gasteiger partial charge in [-0.2, -0.15) is 0 Å². The number of amides is 1. The number of benzene rings is 1. The highest BCUT2D eigenvalue weighted by Crippen LogP contribution is 2.24. The van der Waals surface area contributed by atoms with Crippen LogP contribution < -0.4 is 10.6 Å². The molecule has 1 amide bonds. The zero-order chi connectivity index (χ0) is 15.2. The van der Waals surface area contributed by atoms with Crippen molar-refractivity contribution in [1.29, 1.82) is 0 Å². The Labute approximate surface area is 133 Å². The van der Waals surface area contributed by atoms with Crippen LogP contribution in [-0.4, -0.2) is 19.0 Å². The number of carbonyl (C=O) groups excluding carboxylic acids is 1. The topological polar surface area (TPSA) is 41.1 Å². The molecule has 0 radical (unpaired) electrons. The Kier molecular flexibility index (Phi) is 6.18. The fourth-order valence-corrected chi connectivity index (χ4v) is 3.29. The van der Waals surface area contributed by atoms with E-state index < -0.39 is 0 Å². The second-order valence-corrected chi connectivity index (χ2v) is 6.64. The van der Waals surface area contributed by atoms with E-state index in [1.54, 1.807) is 6.07 Å². The van der Waals surface area contributed by atoms with Crippen molar-refractivity contribution < 1.29 is 9.18 Å². The van der Waals surface area contributed by atoms with Gasteiger partial charge in [0.15, 0.2) is 0 Å². The van der Waals surface area contributed by atoms with Crippen molar-refractivity contribution in [3.8, 4) is 0 Å². The maximum absolute atomic E-state index is 13.0. The van der Waals surface area contributed by atoms with E-state index in [2.05, 4.69) is 33.5 Å². The summed E-state index contributed by atoms with van der Waals surface area (Å²) < 4.78 is 13.7. The molecule has 2 rings (SSSR count). The van der Waals surface area contributed by atoms with Crippen molar-refractivity contribution in [2.75, 3.05) is 13.1 Å². The first-order chi connectivity index (χ1) is 10.1. The molecule has 1 aliphatic heterocycles. The van der Waals surface area contributed by atoms with Gasteiger partial charge in [0.05, 0.1) is 0 Å². The van der Waals surface area contributed by atoms with Gasteiger partial charge in [0.2, 0.25) is 5.91 Å². The van der Waals surface area contributed by atoms with Crippen molar-refractivity contribution >= 4 is 21.8 Å². The molecule has 1 aliphatic rings. The largest absolute Gasteiger partial charge is 0.352 e. The van der Waals surface area contributed by atoms with Crippen LogP contribution >= 0.6 is 15.9 Å². The van der Waals surface area contributed by atoms with E-state index in [0.717, 1.165) is 31.5 Å². The van der Waals surface area contributed by atoms with Gasteiger partial charge in [0.25, 0.3) is 0 Å². The normalized spacial score (nSPS) is 17.5. The standard InChI is InChI=1S/C16H22BrFN2O/c1-11(12-4-6-19-7-5-12)8-16(21)20-10-13-2-3-14(18)9-15(13)17/h2-3,9,11-12,19H,4-8,10H2,1H3,(H,20,21). The highest BCUT2D eigenvalue weighted by molar-refractivity contribution is 9.10. The Bertz CT molecular complexity index is 489. The molecular weight excluding hydrogens is 335 g/mol. The van der Waals surface area contributed by atoms with Crippen LogP contribution in [0.5, 0.6) is 0 Å². The summed E-state index contributed by atoms with van der Waals surface area (Å²) >= 11 is 3.31. The predicted octanol–water partition coefficient (Wildman–Crippen LogP) is 3.23. The Hall–Kier alpha value is -0.940. The van der Waals surface area contributed by atoms with E-state index in [4.69, 9.17) is 0 Å². The van der Waals surface area contributed by atoms with E-state index in [-0.39, 0.29) is 11.7 Å². The molecular formula is C16H22BrFN2O. The summed E-state index contributed by atoms with van der Waals surface area (Å²) in [7, 11) is 0. The highest BCUT2D eigenvalue weighted by atomic mass is 79.9. The molecule has 1 atom stereocenters. The lowest BCUT2D eigenvalue weighted by molar-refractivity contribution is -0.122. The lowest BCUT2D eigenvalue weighted by Crippen LogP contribution is -2.33. The van der Waals surface area contributed by atoms with E-state index >= 15 is 0 Å². The molecule has 0 aromatic heterocycles. The third-order valence-electron chi connectivity index (χ3n) is 4.19. The molecule has 1 saturated heterocycles. The first kappa shape index (κ1) is 16.4. The van der Waals surface area contributed by atoms with Crippen LogP contribution in [0.2, 0.25) is 0 Å². The number of carbonyl (C=O) groups is 1. The molecule has 3 nitrogen and oxygen atoms in total. The van der Waals surface area contributed by atoms with Gasteiger partial charge < -0.3 is 10.6 Å². The third-order valence-corrected chi connectivity index (χ3v) is 4.93. The van der Waals surface area contributed by atoms with Gasteiger partial charge in [-0.05, 0) is 55.5 Å². The van der Waals surface area contributed by atoms with Crippen LogP contribution in [0.15, 0.2) is 22.7 Å². The van der Waals surface area contributed by atoms with E-state index in [1.165, 1.54) is 12.1 Å². The maximum atomic E-state index is 13.0. The summed E-state index contributed by atoms with van der Waals surface area (Å²) in [6.45, 7) is 4.69. The monoisotopic (exact) mass is 356 g/mol. The van der Waals surface area contributed by atoms with Crippen LogP contribution in [0.3, 0.4) is 0 Å². The molecule has 21 heavy (non-hydrogen) atoms. The summed E-state index contributed by atoms with van der Waals surface area (Å²) in [4.78, 5) is 12.0. The maximum Gasteiger partial charge on any atom is 0.220 e. The molecule has 0 spiro atoms.